The molecule has 1 aliphatic rings. The Morgan fingerprint density at radius 1 is 0.913 bits per heavy atom. The average molecular weight is 318 g/mol. The Bertz CT molecular complexity index is 615. The van der Waals surface area contributed by atoms with Gasteiger partial charge in [-0.2, -0.15) is 0 Å². The van der Waals surface area contributed by atoms with Crippen LogP contribution >= 0.6 is 0 Å². The van der Waals surface area contributed by atoms with Crippen molar-refractivity contribution in [2.75, 3.05) is 26.2 Å². The molecular weight excluding hydrogens is 298 g/mol. The zero-order valence-corrected chi connectivity index (χ0v) is 12.8. The number of alkyl halides is 2. The van der Waals surface area contributed by atoms with E-state index in [1.165, 1.54) is 0 Å². The molecule has 1 atom stereocenters. The van der Waals surface area contributed by atoms with Crippen LogP contribution in [0.4, 0.5) is 8.78 Å². The molecule has 5 heteroatoms. The second kappa shape index (κ2) is 7.53. The molecule has 1 heterocycles. The number of piperazine rings is 1. The van der Waals surface area contributed by atoms with Gasteiger partial charge in [-0.25, -0.2) is 8.78 Å². The summed E-state index contributed by atoms with van der Waals surface area (Å²) in [6.07, 6.45) is -2.43. The van der Waals surface area contributed by atoms with Crippen molar-refractivity contribution < 1.29 is 13.5 Å². The molecule has 3 rings (SSSR count). The Labute approximate surface area is 134 Å². The highest BCUT2D eigenvalue weighted by molar-refractivity contribution is 5.35. The van der Waals surface area contributed by atoms with Gasteiger partial charge in [-0.3, -0.25) is 4.90 Å². The highest BCUT2D eigenvalue weighted by Gasteiger charge is 2.30. The van der Waals surface area contributed by atoms with E-state index in [0.29, 0.717) is 30.2 Å². The predicted molar refractivity (Wildman–Crippen MR) is 86.1 cm³/mol. The first-order valence-electron chi connectivity index (χ1n) is 7.80. The third kappa shape index (κ3) is 4.06. The van der Waals surface area contributed by atoms with E-state index >= 15 is 0 Å². The standard InChI is InChI=1S/C18H20F2N2O/c19-18(20)17(22-11-9-21-10-12-22)14-5-4-8-16(13-14)23-15-6-2-1-3-7-15/h1-8,13,17-18,21H,9-12H2/t17-/m1/s1. The molecule has 23 heavy (non-hydrogen) atoms. The number of rotatable bonds is 5. The van der Waals surface area contributed by atoms with Crippen molar-refractivity contribution >= 4 is 0 Å². The Hall–Kier alpha value is -1.98. The van der Waals surface area contributed by atoms with Crippen LogP contribution < -0.4 is 10.1 Å². The second-order valence-corrected chi connectivity index (χ2v) is 5.55. The lowest BCUT2D eigenvalue weighted by Crippen LogP contribution is -2.46. The van der Waals surface area contributed by atoms with Crippen LogP contribution in [0.15, 0.2) is 54.6 Å². The largest absolute Gasteiger partial charge is 0.457 e. The van der Waals surface area contributed by atoms with E-state index in [2.05, 4.69) is 5.32 Å². The number of nitrogens with zero attached hydrogens (tertiary/aromatic N) is 1. The lowest BCUT2D eigenvalue weighted by Gasteiger charge is -2.34. The van der Waals surface area contributed by atoms with Gasteiger partial charge in [0.25, 0.3) is 6.43 Å². The lowest BCUT2D eigenvalue weighted by atomic mass is 10.0. The average Bonchev–Trinajstić information content (AvgIpc) is 2.57. The van der Waals surface area contributed by atoms with Gasteiger partial charge in [0.05, 0.1) is 6.04 Å². The van der Waals surface area contributed by atoms with E-state index in [1.54, 1.807) is 24.3 Å². The van der Waals surface area contributed by atoms with Crippen LogP contribution in [0.25, 0.3) is 0 Å². The molecule has 0 aromatic heterocycles. The van der Waals surface area contributed by atoms with E-state index in [1.807, 2.05) is 35.2 Å². The number of benzene rings is 2. The molecule has 0 aliphatic carbocycles. The fourth-order valence-corrected chi connectivity index (χ4v) is 2.86. The topological polar surface area (TPSA) is 24.5 Å². The van der Waals surface area contributed by atoms with Crippen molar-refractivity contribution in [3.05, 3.63) is 60.2 Å². The molecule has 0 unspecified atom stereocenters. The molecule has 122 valence electrons. The first-order chi connectivity index (χ1) is 11.2. The van der Waals surface area contributed by atoms with Gasteiger partial charge in [-0.15, -0.1) is 0 Å². The summed E-state index contributed by atoms with van der Waals surface area (Å²) in [5.74, 6) is 1.27. The summed E-state index contributed by atoms with van der Waals surface area (Å²) in [6, 6.07) is 15.5. The Balaban J connectivity index is 1.81. The normalized spacial score (nSPS) is 17.2. The zero-order valence-electron chi connectivity index (χ0n) is 12.8. The Kier molecular flexibility index (Phi) is 5.20. The van der Waals surface area contributed by atoms with Crippen LogP contribution in [0, 0.1) is 0 Å². The fraction of sp³-hybridized carbons (Fsp3) is 0.333. The molecular formula is C18H20F2N2O. The fourth-order valence-electron chi connectivity index (χ4n) is 2.86. The van der Waals surface area contributed by atoms with E-state index in [-0.39, 0.29) is 0 Å². The number of halogens is 2. The summed E-state index contributed by atoms with van der Waals surface area (Å²) in [5.41, 5.74) is 0.593. The molecule has 2 aromatic rings. The van der Waals surface area contributed by atoms with Crippen molar-refractivity contribution in [2.24, 2.45) is 0 Å². The Morgan fingerprint density at radius 2 is 1.61 bits per heavy atom. The van der Waals surface area contributed by atoms with Gasteiger partial charge < -0.3 is 10.1 Å². The maximum Gasteiger partial charge on any atom is 0.258 e. The second-order valence-electron chi connectivity index (χ2n) is 5.55. The summed E-state index contributed by atoms with van der Waals surface area (Å²) in [6.45, 7) is 2.73. The summed E-state index contributed by atoms with van der Waals surface area (Å²) in [5, 5.41) is 3.19. The molecule has 0 radical (unpaired) electrons. The highest BCUT2D eigenvalue weighted by Crippen LogP contribution is 2.31. The van der Waals surface area contributed by atoms with Crippen LogP contribution in [-0.2, 0) is 0 Å². The number of ether oxygens (including phenoxy) is 1. The summed E-state index contributed by atoms with van der Waals surface area (Å²) >= 11 is 0. The monoisotopic (exact) mass is 318 g/mol. The minimum absolute atomic E-state index is 0.578. The summed E-state index contributed by atoms with van der Waals surface area (Å²) in [4.78, 5) is 1.84. The van der Waals surface area contributed by atoms with E-state index < -0.39 is 12.5 Å². The maximum absolute atomic E-state index is 13.6. The van der Waals surface area contributed by atoms with Crippen molar-refractivity contribution in [2.45, 2.75) is 12.5 Å². The molecule has 0 amide bonds. The van der Waals surface area contributed by atoms with Crippen molar-refractivity contribution in [1.82, 2.24) is 10.2 Å². The zero-order chi connectivity index (χ0) is 16.1. The first-order valence-corrected chi connectivity index (χ1v) is 7.80. The van der Waals surface area contributed by atoms with Crippen molar-refractivity contribution in [1.29, 1.82) is 0 Å². The van der Waals surface area contributed by atoms with Gasteiger partial charge >= 0.3 is 0 Å². The number of para-hydroxylation sites is 1. The molecule has 0 saturated carbocycles. The minimum Gasteiger partial charge on any atom is -0.457 e. The van der Waals surface area contributed by atoms with Gasteiger partial charge in [-0.05, 0) is 29.8 Å². The van der Waals surface area contributed by atoms with Gasteiger partial charge in [0.1, 0.15) is 11.5 Å². The Morgan fingerprint density at radius 3 is 2.30 bits per heavy atom. The molecule has 0 spiro atoms. The van der Waals surface area contributed by atoms with Crippen molar-refractivity contribution in [3.8, 4) is 11.5 Å². The number of hydrogen-bond acceptors (Lipinski definition) is 3. The third-order valence-corrected chi connectivity index (χ3v) is 3.96. The summed E-state index contributed by atoms with van der Waals surface area (Å²) in [7, 11) is 0. The molecule has 1 fully saturated rings. The molecule has 2 aromatic carbocycles. The molecule has 3 nitrogen and oxygen atoms in total. The molecule has 1 aliphatic heterocycles. The van der Waals surface area contributed by atoms with E-state index in [4.69, 9.17) is 4.74 Å². The third-order valence-electron chi connectivity index (χ3n) is 3.96. The van der Waals surface area contributed by atoms with Crippen LogP contribution in [0.5, 0.6) is 11.5 Å². The minimum atomic E-state index is -2.43. The molecule has 1 N–H and O–H groups in total. The van der Waals surface area contributed by atoms with Crippen LogP contribution in [0.1, 0.15) is 11.6 Å². The number of hydrogen-bond donors (Lipinski definition) is 1. The first kappa shape index (κ1) is 15.9. The van der Waals surface area contributed by atoms with Gasteiger partial charge in [-0.1, -0.05) is 30.3 Å². The number of nitrogens with one attached hydrogen (secondary N) is 1. The maximum atomic E-state index is 13.6. The summed E-state index contributed by atoms with van der Waals surface area (Å²) < 4.78 is 33.0. The lowest BCUT2D eigenvalue weighted by molar-refractivity contribution is 0.0181. The van der Waals surface area contributed by atoms with Crippen LogP contribution in [0.3, 0.4) is 0 Å². The van der Waals surface area contributed by atoms with Gasteiger partial charge in [0, 0.05) is 26.2 Å². The van der Waals surface area contributed by atoms with Gasteiger partial charge in [0.15, 0.2) is 0 Å². The SMILES string of the molecule is FC(F)[C@@H](c1cccc(Oc2ccccc2)c1)N1CCNCC1. The van der Waals surface area contributed by atoms with Crippen molar-refractivity contribution in [3.63, 3.8) is 0 Å². The van der Waals surface area contributed by atoms with Gasteiger partial charge in [0.2, 0.25) is 0 Å². The van der Waals surface area contributed by atoms with E-state index in [9.17, 15) is 8.78 Å². The van der Waals surface area contributed by atoms with Crippen LogP contribution in [0.2, 0.25) is 0 Å². The quantitative estimate of drug-likeness (QED) is 0.910. The smallest absolute Gasteiger partial charge is 0.258 e. The van der Waals surface area contributed by atoms with Crippen LogP contribution in [-0.4, -0.2) is 37.5 Å². The molecule has 0 bridgehead atoms. The van der Waals surface area contributed by atoms with E-state index in [0.717, 1.165) is 13.1 Å². The predicted octanol–water partition coefficient (Wildman–Crippen LogP) is 3.69. The molecule has 1 saturated heterocycles. The highest BCUT2D eigenvalue weighted by atomic mass is 19.3.